The van der Waals surface area contributed by atoms with E-state index in [4.69, 9.17) is 4.74 Å². The van der Waals surface area contributed by atoms with Gasteiger partial charge in [-0.05, 0) is 26.3 Å². The van der Waals surface area contributed by atoms with Crippen LogP contribution in [0.3, 0.4) is 0 Å². The van der Waals surface area contributed by atoms with Crippen molar-refractivity contribution < 1.29 is 23.1 Å². The zero-order valence-corrected chi connectivity index (χ0v) is 12.8. The van der Waals surface area contributed by atoms with Crippen molar-refractivity contribution >= 4 is 16.0 Å². The fourth-order valence-corrected chi connectivity index (χ4v) is 3.71. The number of aromatic nitrogens is 1. The Morgan fingerprint density at radius 3 is 2.71 bits per heavy atom. The van der Waals surface area contributed by atoms with E-state index in [1.807, 2.05) is 6.92 Å². The third-order valence-corrected chi connectivity index (χ3v) is 5.42. The van der Waals surface area contributed by atoms with Crippen molar-refractivity contribution in [2.45, 2.75) is 25.2 Å². The first kappa shape index (κ1) is 15.7. The highest BCUT2D eigenvalue weighted by Crippen LogP contribution is 2.33. The molecule has 2 rings (SSSR count). The molecule has 1 saturated heterocycles. The molecule has 0 saturated carbocycles. The number of aliphatic carboxylic acids is 1. The van der Waals surface area contributed by atoms with Crippen LogP contribution in [0.4, 0.5) is 0 Å². The number of nitrogens with zero attached hydrogens (tertiary/aromatic N) is 2. The van der Waals surface area contributed by atoms with Crippen molar-refractivity contribution in [2.24, 2.45) is 5.41 Å². The Morgan fingerprint density at radius 2 is 2.24 bits per heavy atom. The number of hydrogen-bond acceptors (Lipinski definition) is 5. The molecule has 1 aromatic rings. The highest BCUT2D eigenvalue weighted by atomic mass is 32.2. The van der Waals surface area contributed by atoms with E-state index < -0.39 is 21.4 Å². The van der Waals surface area contributed by atoms with Crippen molar-refractivity contribution in [3.63, 3.8) is 0 Å². The van der Waals surface area contributed by atoms with Crippen LogP contribution in [-0.4, -0.2) is 48.5 Å². The molecule has 0 bridgehead atoms. The molecule has 8 heteroatoms. The first-order valence-electron chi connectivity index (χ1n) is 6.62. The summed E-state index contributed by atoms with van der Waals surface area (Å²) in [5, 5.41) is 9.17. The van der Waals surface area contributed by atoms with Crippen molar-refractivity contribution in [1.82, 2.24) is 9.29 Å². The van der Waals surface area contributed by atoms with E-state index in [0.29, 0.717) is 18.9 Å². The van der Waals surface area contributed by atoms with Gasteiger partial charge in [-0.3, -0.25) is 4.79 Å². The van der Waals surface area contributed by atoms with E-state index in [1.54, 1.807) is 6.92 Å². The summed E-state index contributed by atoms with van der Waals surface area (Å²) in [4.78, 5) is 15.2. The maximum Gasteiger partial charge on any atom is 0.310 e. The van der Waals surface area contributed by atoms with E-state index >= 15 is 0 Å². The minimum absolute atomic E-state index is 0.0299. The van der Waals surface area contributed by atoms with E-state index in [0.717, 1.165) is 0 Å². The predicted octanol–water partition coefficient (Wildman–Crippen LogP) is 0.966. The number of carboxylic acids is 1. The van der Waals surface area contributed by atoms with E-state index in [1.165, 1.54) is 22.6 Å². The van der Waals surface area contributed by atoms with Gasteiger partial charge in [0.2, 0.25) is 15.9 Å². The third kappa shape index (κ3) is 3.01. The van der Waals surface area contributed by atoms with Crippen LogP contribution in [0.2, 0.25) is 0 Å². The largest absolute Gasteiger partial charge is 0.481 e. The average molecular weight is 314 g/mol. The second kappa shape index (κ2) is 5.61. The number of rotatable bonds is 5. The summed E-state index contributed by atoms with van der Waals surface area (Å²) in [5.74, 6) is -0.627. The Balaban J connectivity index is 2.21. The van der Waals surface area contributed by atoms with E-state index in [2.05, 4.69) is 4.98 Å². The summed E-state index contributed by atoms with van der Waals surface area (Å²) in [6, 6.07) is 2.91. The maximum atomic E-state index is 12.5. The number of ether oxygens (including phenoxy) is 1. The van der Waals surface area contributed by atoms with Crippen molar-refractivity contribution in [3.8, 4) is 5.88 Å². The molecule has 1 unspecified atom stereocenters. The predicted molar refractivity (Wildman–Crippen MR) is 74.5 cm³/mol. The van der Waals surface area contributed by atoms with Crippen LogP contribution in [-0.2, 0) is 14.8 Å². The number of sulfonamides is 1. The molecule has 2 heterocycles. The van der Waals surface area contributed by atoms with Gasteiger partial charge in [0.25, 0.3) is 0 Å². The smallest absolute Gasteiger partial charge is 0.310 e. The third-order valence-electron chi connectivity index (χ3n) is 3.59. The Morgan fingerprint density at radius 1 is 1.52 bits per heavy atom. The topological polar surface area (TPSA) is 96.8 Å². The summed E-state index contributed by atoms with van der Waals surface area (Å²) in [6.45, 7) is 3.98. The summed E-state index contributed by atoms with van der Waals surface area (Å²) in [6.07, 6.45) is 1.53. The molecule has 7 nitrogen and oxygen atoms in total. The number of carboxylic acid groups (broad SMARTS) is 1. The lowest BCUT2D eigenvalue weighted by Gasteiger charge is -2.20. The van der Waals surface area contributed by atoms with Crippen LogP contribution >= 0.6 is 0 Å². The summed E-state index contributed by atoms with van der Waals surface area (Å²) >= 11 is 0. The highest BCUT2D eigenvalue weighted by molar-refractivity contribution is 7.89. The molecule has 0 aromatic carbocycles. The first-order valence-corrected chi connectivity index (χ1v) is 8.06. The van der Waals surface area contributed by atoms with Crippen molar-refractivity contribution in [3.05, 3.63) is 18.3 Å². The quantitative estimate of drug-likeness (QED) is 0.869. The van der Waals surface area contributed by atoms with Crippen LogP contribution in [0.5, 0.6) is 5.88 Å². The van der Waals surface area contributed by atoms with Gasteiger partial charge in [0, 0.05) is 19.2 Å². The van der Waals surface area contributed by atoms with E-state index in [9.17, 15) is 18.3 Å². The standard InChI is InChI=1S/C13H18N2O5S/c1-3-20-11-5-4-10(8-14-11)21(18,19)15-7-6-13(2,9-15)12(16)17/h4-5,8H,3,6-7,9H2,1-2H3,(H,16,17). The SMILES string of the molecule is CCOc1ccc(S(=O)(=O)N2CCC(C)(C(=O)O)C2)cn1. The van der Waals surface area contributed by atoms with Crippen LogP contribution < -0.4 is 4.74 Å². The molecule has 1 aromatic heterocycles. The van der Waals surface area contributed by atoms with Gasteiger partial charge in [-0.25, -0.2) is 13.4 Å². The molecule has 0 spiro atoms. The Hall–Kier alpha value is -1.67. The number of pyridine rings is 1. The second-order valence-corrected chi connectivity index (χ2v) is 7.16. The minimum Gasteiger partial charge on any atom is -0.481 e. The van der Waals surface area contributed by atoms with Gasteiger partial charge in [0.15, 0.2) is 0 Å². The van der Waals surface area contributed by atoms with Gasteiger partial charge in [-0.15, -0.1) is 0 Å². The lowest BCUT2D eigenvalue weighted by Crippen LogP contribution is -2.34. The molecular weight excluding hydrogens is 296 g/mol. The fraction of sp³-hybridized carbons (Fsp3) is 0.538. The normalized spacial score (nSPS) is 23.1. The zero-order chi connectivity index (χ0) is 15.7. The van der Waals surface area contributed by atoms with Crippen LogP contribution in [0.15, 0.2) is 23.2 Å². The zero-order valence-electron chi connectivity index (χ0n) is 11.9. The monoisotopic (exact) mass is 314 g/mol. The highest BCUT2D eigenvalue weighted by Gasteiger charge is 2.44. The number of carbonyl (C=O) groups is 1. The molecule has 21 heavy (non-hydrogen) atoms. The van der Waals surface area contributed by atoms with Crippen LogP contribution in [0.1, 0.15) is 20.3 Å². The maximum absolute atomic E-state index is 12.5. The van der Waals surface area contributed by atoms with Gasteiger partial charge in [0.05, 0.1) is 18.2 Å². The van der Waals surface area contributed by atoms with E-state index in [-0.39, 0.29) is 18.0 Å². The number of hydrogen-bond donors (Lipinski definition) is 1. The van der Waals surface area contributed by atoms with Gasteiger partial charge in [-0.2, -0.15) is 4.31 Å². The van der Waals surface area contributed by atoms with Crippen molar-refractivity contribution in [1.29, 1.82) is 0 Å². The fourth-order valence-electron chi connectivity index (χ4n) is 2.20. The summed E-state index contributed by atoms with van der Waals surface area (Å²) in [7, 11) is -3.72. The molecule has 1 fully saturated rings. The molecular formula is C13H18N2O5S. The molecule has 1 aliphatic heterocycles. The lowest BCUT2D eigenvalue weighted by molar-refractivity contribution is -0.146. The summed E-state index contributed by atoms with van der Waals surface area (Å²) < 4.78 is 31.3. The molecule has 0 amide bonds. The van der Waals surface area contributed by atoms with Crippen molar-refractivity contribution in [2.75, 3.05) is 19.7 Å². The molecule has 0 aliphatic carbocycles. The van der Waals surface area contributed by atoms with Crippen LogP contribution in [0.25, 0.3) is 0 Å². The Labute approximate surface area is 123 Å². The molecule has 116 valence electrons. The van der Waals surface area contributed by atoms with Gasteiger partial charge in [0.1, 0.15) is 4.90 Å². The molecule has 1 atom stereocenters. The lowest BCUT2D eigenvalue weighted by atomic mass is 9.90. The van der Waals surface area contributed by atoms with Gasteiger partial charge < -0.3 is 9.84 Å². The first-order chi connectivity index (χ1) is 9.79. The minimum atomic E-state index is -3.72. The van der Waals surface area contributed by atoms with Crippen LogP contribution in [0, 0.1) is 5.41 Å². The molecule has 0 radical (unpaired) electrons. The molecule has 1 aliphatic rings. The average Bonchev–Trinajstić information content (AvgIpc) is 2.85. The Kier molecular flexibility index (Phi) is 4.20. The Bertz CT molecular complexity index is 628. The molecule has 1 N–H and O–H groups in total. The summed E-state index contributed by atoms with van der Waals surface area (Å²) in [5.41, 5.74) is -1.04. The van der Waals surface area contributed by atoms with Gasteiger partial charge >= 0.3 is 5.97 Å². The van der Waals surface area contributed by atoms with Gasteiger partial charge in [-0.1, -0.05) is 0 Å². The second-order valence-electron chi connectivity index (χ2n) is 5.22.